The van der Waals surface area contributed by atoms with Crippen LogP contribution in [0.2, 0.25) is 5.02 Å². The molecule has 0 radical (unpaired) electrons. The van der Waals surface area contributed by atoms with Gasteiger partial charge in [0, 0.05) is 24.7 Å². The van der Waals surface area contributed by atoms with Gasteiger partial charge in [0.25, 0.3) is 0 Å². The second-order valence-corrected chi connectivity index (χ2v) is 6.98. The average Bonchev–Trinajstić information content (AvgIpc) is 2.84. The van der Waals surface area contributed by atoms with E-state index < -0.39 is 0 Å². The number of nitrogens with one attached hydrogen (secondary N) is 1. The first-order chi connectivity index (χ1) is 10.7. The summed E-state index contributed by atoms with van der Waals surface area (Å²) in [5.41, 5.74) is 0.825. The molecule has 3 rings (SSSR count). The highest BCUT2D eigenvalue weighted by Crippen LogP contribution is 2.41. The van der Waals surface area contributed by atoms with Gasteiger partial charge in [-0.2, -0.15) is 0 Å². The topological polar surface area (TPSA) is 32.3 Å². The maximum atomic E-state index is 13.4. The predicted molar refractivity (Wildman–Crippen MR) is 90.3 cm³/mol. The summed E-state index contributed by atoms with van der Waals surface area (Å²) in [7, 11) is 0. The molecular formula is C18H25ClN2O. The Balaban J connectivity index is 1.90. The van der Waals surface area contributed by atoms with Gasteiger partial charge in [-0.3, -0.25) is 4.79 Å². The number of hydrogen-bond acceptors (Lipinski definition) is 2. The van der Waals surface area contributed by atoms with Gasteiger partial charge in [0.2, 0.25) is 5.91 Å². The number of benzene rings is 1. The molecule has 0 spiro atoms. The number of hydrogen-bond donors (Lipinski definition) is 1. The Morgan fingerprint density at radius 1 is 1.00 bits per heavy atom. The van der Waals surface area contributed by atoms with E-state index in [4.69, 9.17) is 11.6 Å². The normalized spacial score (nSPS) is 22.1. The molecule has 2 aliphatic rings. The molecule has 1 heterocycles. The maximum Gasteiger partial charge on any atom is 0.233 e. The lowest BCUT2D eigenvalue weighted by molar-refractivity contribution is -0.138. The Labute approximate surface area is 138 Å². The van der Waals surface area contributed by atoms with Crippen molar-refractivity contribution in [2.75, 3.05) is 26.2 Å². The second-order valence-electron chi connectivity index (χ2n) is 6.55. The molecule has 1 aliphatic heterocycles. The summed E-state index contributed by atoms with van der Waals surface area (Å²) in [6.45, 7) is 3.62. The van der Waals surface area contributed by atoms with Gasteiger partial charge in [-0.1, -0.05) is 43.0 Å². The molecular weight excluding hydrogens is 296 g/mol. The average molecular weight is 321 g/mol. The minimum Gasteiger partial charge on any atom is -0.341 e. The molecule has 1 N–H and O–H groups in total. The van der Waals surface area contributed by atoms with E-state index in [-0.39, 0.29) is 5.41 Å². The van der Waals surface area contributed by atoms with Crippen molar-refractivity contribution in [2.24, 2.45) is 0 Å². The number of amides is 1. The SMILES string of the molecule is O=C(N1CCCNCC1)C1(c2ccc(Cl)cc2)CCCCC1. The van der Waals surface area contributed by atoms with Crippen molar-refractivity contribution in [1.29, 1.82) is 0 Å². The van der Waals surface area contributed by atoms with Crippen molar-refractivity contribution in [3.05, 3.63) is 34.9 Å². The Kier molecular flexibility index (Phi) is 5.04. The lowest BCUT2D eigenvalue weighted by Gasteiger charge is -2.40. The molecule has 0 atom stereocenters. The van der Waals surface area contributed by atoms with Gasteiger partial charge in [-0.25, -0.2) is 0 Å². The molecule has 1 saturated carbocycles. The smallest absolute Gasteiger partial charge is 0.233 e. The van der Waals surface area contributed by atoms with E-state index in [1.807, 2.05) is 12.1 Å². The van der Waals surface area contributed by atoms with Gasteiger partial charge in [-0.05, 0) is 43.5 Å². The number of carbonyl (C=O) groups is 1. The first-order valence-corrected chi connectivity index (χ1v) is 8.86. The Bertz CT molecular complexity index is 500. The summed E-state index contributed by atoms with van der Waals surface area (Å²) in [6, 6.07) is 7.96. The highest BCUT2D eigenvalue weighted by molar-refractivity contribution is 6.30. The van der Waals surface area contributed by atoms with Crippen molar-refractivity contribution >= 4 is 17.5 Å². The van der Waals surface area contributed by atoms with Crippen molar-refractivity contribution < 1.29 is 4.79 Å². The molecule has 120 valence electrons. The lowest BCUT2D eigenvalue weighted by Crippen LogP contribution is -2.49. The Morgan fingerprint density at radius 2 is 1.73 bits per heavy atom. The van der Waals surface area contributed by atoms with Crippen molar-refractivity contribution in [2.45, 2.75) is 43.9 Å². The number of halogens is 1. The summed E-state index contributed by atoms with van der Waals surface area (Å²) in [5, 5.41) is 4.12. The zero-order valence-corrected chi connectivity index (χ0v) is 13.9. The molecule has 3 nitrogen and oxygen atoms in total. The van der Waals surface area contributed by atoms with E-state index in [2.05, 4.69) is 22.3 Å². The van der Waals surface area contributed by atoms with E-state index in [1.54, 1.807) is 0 Å². The molecule has 1 aromatic rings. The van der Waals surface area contributed by atoms with Crippen LogP contribution in [-0.4, -0.2) is 37.0 Å². The quantitative estimate of drug-likeness (QED) is 0.906. The second kappa shape index (κ2) is 7.01. The van der Waals surface area contributed by atoms with Crippen LogP contribution in [0.3, 0.4) is 0 Å². The summed E-state index contributed by atoms with van der Waals surface area (Å²) in [4.78, 5) is 15.5. The summed E-state index contributed by atoms with van der Waals surface area (Å²) in [5.74, 6) is 0.332. The molecule has 2 fully saturated rings. The third-order valence-corrected chi connectivity index (χ3v) is 5.39. The summed E-state index contributed by atoms with van der Waals surface area (Å²) < 4.78 is 0. The molecule has 0 aromatic heterocycles. The van der Waals surface area contributed by atoms with Crippen LogP contribution in [0.5, 0.6) is 0 Å². The van der Waals surface area contributed by atoms with E-state index in [0.717, 1.165) is 68.9 Å². The van der Waals surface area contributed by atoms with Crippen LogP contribution in [0.4, 0.5) is 0 Å². The molecule has 1 saturated heterocycles. The third kappa shape index (κ3) is 3.16. The zero-order valence-electron chi connectivity index (χ0n) is 13.1. The van der Waals surface area contributed by atoms with Gasteiger partial charge in [0.05, 0.1) is 5.41 Å². The molecule has 4 heteroatoms. The monoisotopic (exact) mass is 320 g/mol. The van der Waals surface area contributed by atoms with Crippen LogP contribution in [0.15, 0.2) is 24.3 Å². The Hall–Kier alpha value is -1.06. The molecule has 1 aromatic carbocycles. The first kappa shape index (κ1) is 15.8. The van der Waals surface area contributed by atoms with E-state index >= 15 is 0 Å². The van der Waals surface area contributed by atoms with Gasteiger partial charge in [-0.15, -0.1) is 0 Å². The molecule has 22 heavy (non-hydrogen) atoms. The highest BCUT2D eigenvalue weighted by atomic mass is 35.5. The minimum absolute atomic E-state index is 0.326. The molecule has 0 bridgehead atoms. The van der Waals surface area contributed by atoms with E-state index in [0.29, 0.717) is 5.91 Å². The maximum absolute atomic E-state index is 13.4. The number of rotatable bonds is 2. The van der Waals surface area contributed by atoms with Gasteiger partial charge >= 0.3 is 0 Å². The van der Waals surface area contributed by atoms with Crippen molar-refractivity contribution in [3.8, 4) is 0 Å². The summed E-state index contributed by atoms with van der Waals surface area (Å²) >= 11 is 6.04. The fraction of sp³-hybridized carbons (Fsp3) is 0.611. The fourth-order valence-electron chi connectivity index (χ4n) is 3.90. The standard InChI is InChI=1S/C18H25ClN2O/c19-16-7-5-15(6-8-16)18(9-2-1-3-10-18)17(22)21-13-4-11-20-12-14-21/h5-8,20H,1-4,9-14H2. The van der Waals surface area contributed by atoms with Gasteiger partial charge in [0.1, 0.15) is 0 Å². The molecule has 1 aliphatic carbocycles. The summed E-state index contributed by atoms with van der Waals surface area (Å²) in [6.07, 6.45) is 6.50. The van der Waals surface area contributed by atoms with Crippen LogP contribution in [0.1, 0.15) is 44.1 Å². The van der Waals surface area contributed by atoms with Crippen molar-refractivity contribution in [3.63, 3.8) is 0 Å². The van der Waals surface area contributed by atoms with Crippen LogP contribution < -0.4 is 5.32 Å². The molecule has 0 unspecified atom stereocenters. The van der Waals surface area contributed by atoms with Crippen LogP contribution in [0.25, 0.3) is 0 Å². The number of carbonyl (C=O) groups excluding carboxylic acids is 1. The van der Waals surface area contributed by atoms with Crippen LogP contribution in [-0.2, 0) is 10.2 Å². The predicted octanol–water partition coefficient (Wildman–Crippen LogP) is 3.36. The number of nitrogens with zero attached hydrogens (tertiary/aromatic N) is 1. The first-order valence-electron chi connectivity index (χ1n) is 8.48. The van der Waals surface area contributed by atoms with Crippen molar-refractivity contribution in [1.82, 2.24) is 10.2 Å². The largest absolute Gasteiger partial charge is 0.341 e. The van der Waals surface area contributed by atoms with Gasteiger partial charge in [0.15, 0.2) is 0 Å². The molecule has 1 amide bonds. The fourth-order valence-corrected chi connectivity index (χ4v) is 4.03. The highest BCUT2D eigenvalue weighted by Gasteiger charge is 2.43. The van der Waals surface area contributed by atoms with E-state index in [9.17, 15) is 4.79 Å². The van der Waals surface area contributed by atoms with E-state index in [1.165, 1.54) is 6.42 Å². The van der Waals surface area contributed by atoms with Crippen LogP contribution in [0, 0.1) is 0 Å². The zero-order chi connectivity index (χ0) is 15.4. The minimum atomic E-state index is -0.326. The third-order valence-electron chi connectivity index (χ3n) is 5.14. The Morgan fingerprint density at radius 3 is 2.45 bits per heavy atom. The lowest BCUT2D eigenvalue weighted by atomic mass is 9.68. The van der Waals surface area contributed by atoms with Gasteiger partial charge < -0.3 is 10.2 Å². The van der Waals surface area contributed by atoms with Crippen LogP contribution >= 0.6 is 11.6 Å².